The number of carbonyl (C=O) groups is 1. The first-order chi connectivity index (χ1) is 14.1. The summed E-state index contributed by atoms with van der Waals surface area (Å²) in [7, 11) is 0. The lowest BCUT2D eigenvalue weighted by atomic mass is 9.95. The maximum Gasteiger partial charge on any atom is 0.277 e. The zero-order valence-corrected chi connectivity index (χ0v) is 15.3. The maximum atomic E-state index is 13.1. The summed E-state index contributed by atoms with van der Waals surface area (Å²) in [5.41, 5.74) is 2.15. The summed E-state index contributed by atoms with van der Waals surface area (Å²) in [6.45, 7) is 0. The van der Waals surface area contributed by atoms with Gasteiger partial charge in [0.1, 0.15) is 11.3 Å². The third-order valence-corrected chi connectivity index (χ3v) is 4.42. The molecular weight excluding hydrogens is 366 g/mol. The number of amides is 1. The Kier molecular flexibility index (Phi) is 4.90. The Morgan fingerprint density at radius 1 is 0.862 bits per heavy atom. The number of carbonyl (C=O) groups excluding carboxylic acids is 1. The predicted octanol–water partition coefficient (Wildman–Crippen LogP) is 4.06. The third kappa shape index (κ3) is 3.77. The molecule has 0 saturated heterocycles. The molecule has 0 atom stereocenters. The van der Waals surface area contributed by atoms with Crippen LogP contribution in [0.2, 0.25) is 0 Å². The van der Waals surface area contributed by atoms with Crippen LogP contribution < -0.4 is 10.9 Å². The van der Waals surface area contributed by atoms with Crippen molar-refractivity contribution in [2.45, 2.75) is 0 Å². The molecule has 1 aromatic heterocycles. The van der Waals surface area contributed by atoms with Crippen molar-refractivity contribution in [3.63, 3.8) is 0 Å². The lowest BCUT2D eigenvalue weighted by Gasteiger charge is -2.14. The number of aromatic nitrogens is 2. The molecule has 6 nitrogen and oxygen atoms in total. The van der Waals surface area contributed by atoms with Gasteiger partial charge in [-0.25, -0.2) is 5.10 Å². The van der Waals surface area contributed by atoms with Crippen molar-refractivity contribution in [3.8, 4) is 28.1 Å². The highest BCUT2D eigenvalue weighted by Crippen LogP contribution is 2.32. The van der Waals surface area contributed by atoms with Gasteiger partial charge in [0.15, 0.2) is 0 Å². The molecule has 29 heavy (non-hydrogen) atoms. The van der Waals surface area contributed by atoms with Crippen molar-refractivity contribution in [2.24, 2.45) is 0 Å². The van der Waals surface area contributed by atoms with E-state index in [4.69, 9.17) is 0 Å². The Labute approximate surface area is 166 Å². The second kappa shape index (κ2) is 7.82. The molecule has 4 rings (SSSR count). The number of nitrogens with one attached hydrogen (secondary N) is 2. The molecule has 0 fully saturated rings. The molecule has 1 heterocycles. The van der Waals surface area contributed by atoms with Crippen molar-refractivity contribution in [1.82, 2.24) is 10.2 Å². The molecule has 6 heteroatoms. The van der Waals surface area contributed by atoms with Crippen molar-refractivity contribution in [2.75, 3.05) is 5.32 Å². The number of rotatable bonds is 4. The highest BCUT2D eigenvalue weighted by Gasteiger charge is 2.23. The highest BCUT2D eigenvalue weighted by molar-refractivity contribution is 6.10. The van der Waals surface area contributed by atoms with Gasteiger partial charge in [-0.05, 0) is 17.7 Å². The summed E-state index contributed by atoms with van der Waals surface area (Å²) in [6, 6.07) is 24.7. The summed E-state index contributed by atoms with van der Waals surface area (Å²) in [6.07, 6.45) is 0. The van der Waals surface area contributed by atoms with Gasteiger partial charge in [-0.15, -0.1) is 0 Å². The van der Waals surface area contributed by atoms with Gasteiger partial charge in [-0.2, -0.15) is 5.10 Å². The number of benzene rings is 3. The Morgan fingerprint density at radius 2 is 1.52 bits per heavy atom. The molecule has 1 amide bonds. The van der Waals surface area contributed by atoms with E-state index in [1.54, 1.807) is 12.1 Å². The highest BCUT2D eigenvalue weighted by atomic mass is 16.3. The van der Waals surface area contributed by atoms with Crippen LogP contribution in [0, 0.1) is 0 Å². The topological polar surface area (TPSA) is 95.1 Å². The molecule has 0 aliphatic rings. The molecule has 0 bridgehead atoms. The minimum Gasteiger partial charge on any atom is -0.508 e. The van der Waals surface area contributed by atoms with Crippen molar-refractivity contribution < 1.29 is 9.90 Å². The number of phenols is 1. The Bertz CT molecular complexity index is 1220. The average molecular weight is 383 g/mol. The summed E-state index contributed by atoms with van der Waals surface area (Å²) in [5.74, 6) is -0.574. The maximum absolute atomic E-state index is 13.1. The van der Waals surface area contributed by atoms with E-state index >= 15 is 0 Å². The quantitative estimate of drug-likeness (QED) is 0.495. The van der Waals surface area contributed by atoms with E-state index in [1.807, 2.05) is 60.7 Å². The minimum absolute atomic E-state index is 0.0136. The number of phenolic OH excluding ortho intramolecular Hbond substituents is 1. The number of nitrogens with zero attached hydrogens (tertiary/aromatic N) is 1. The van der Waals surface area contributed by atoms with E-state index in [0.717, 1.165) is 5.56 Å². The number of hydrogen-bond acceptors (Lipinski definition) is 4. The Balaban J connectivity index is 1.91. The number of H-pyrrole nitrogens is 1. The largest absolute Gasteiger partial charge is 0.508 e. The number of hydrogen-bond donors (Lipinski definition) is 3. The van der Waals surface area contributed by atoms with Crippen LogP contribution in [-0.2, 0) is 0 Å². The van der Waals surface area contributed by atoms with Crippen LogP contribution in [0.1, 0.15) is 10.4 Å². The van der Waals surface area contributed by atoms with Gasteiger partial charge in [-0.3, -0.25) is 9.59 Å². The van der Waals surface area contributed by atoms with Gasteiger partial charge in [0, 0.05) is 22.9 Å². The fourth-order valence-corrected chi connectivity index (χ4v) is 3.14. The smallest absolute Gasteiger partial charge is 0.277 e. The molecule has 0 radical (unpaired) electrons. The van der Waals surface area contributed by atoms with Gasteiger partial charge in [0.25, 0.3) is 11.5 Å². The molecule has 4 aromatic rings. The van der Waals surface area contributed by atoms with Crippen LogP contribution >= 0.6 is 0 Å². The van der Waals surface area contributed by atoms with Gasteiger partial charge in [0.2, 0.25) is 0 Å². The first-order valence-corrected chi connectivity index (χ1v) is 8.97. The Morgan fingerprint density at radius 3 is 2.17 bits per heavy atom. The monoisotopic (exact) mass is 383 g/mol. The summed E-state index contributed by atoms with van der Waals surface area (Å²) < 4.78 is 0. The number of aromatic hydroxyl groups is 1. The van der Waals surface area contributed by atoms with E-state index in [2.05, 4.69) is 15.5 Å². The molecule has 0 saturated carbocycles. The van der Waals surface area contributed by atoms with Crippen LogP contribution in [0.4, 0.5) is 5.69 Å². The zero-order chi connectivity index (χ0) is 20.2. The second-order valence-corrected chi connectivity index (χ2v) is 6.39. The number of anilines is 1. The predicted molar refractivity (Wildman–Crippen MR) is 112 cm³/mol. The zero-order valence-electron chi connectivity index (χ0n) is 15.3. The van der Waals surface area contributed by atoms with Crippen LogP contribution in [-0.4, -0.2) is 21.2 Å². The first kappa shape index (κ1) is 18.2. The van der Waals surface area contributed by atoms with Gasteiger partial charge in [0.05, 0.1) is 5.69 Å². The van der Waals surface area contributed by atoms with Crippen LogP contribution in [0.25, 0.3) is 22.4 Å². The van der Waals surface area contributed by atoms with E-state index < -0.39 is 11.5 Å². The van der Waals surface area contributed by atoms with Crippen LogP contribution in [0.5, 0.6) is 5.75 Å². The summed E-state index contributed by atoms with van der Waals surface area (Å²) in [4.78, 5) is 25.8. The van der Waals surface area contributed by atoms with E-state index in [-0.39, 0.29) is 11.3 Å². The SMILES string of the molecule is O=C(Nc1cccc(O)c1)c1c(-c2ccccc2)c(-c2ccccc2)n[nH]c1=O. The lowest BCUT2D eigenvalue weighted by molar-refractivity contribution is 0.102. The van der Waals surface area contributed by atoms with Crippen LogP contribution in [0.3, 0.4) is 0 Å². The molecular formula is C23H17N3O3. The van der Waals surface area contributed by atoms with E-state index in [0.29, 0.717) is 22.5 Å². The van der Waals surface area contributed by atoms with E-state index in [1.165, 1.54) is 12.1 Å². The molecule has 3 N–H and O–H groups in total. The lowest BCUT2D eigenvalue weighted by Crippen LogP contribution is -2.26. The standard InChI is InChI=1S/C23H17N3O3/c27-18-13-7-12-17(14-18)24-22(28)20-19(15-8-3-1-4-9-15)21(25-26-23(20)29)16-10-5-2-6-11-16/h1-14,27H,(H,24,28)(H,26,29). The third-order valence-electron chi connectivity index (χ3n) is 4.42. The molecule has 0 aliphatic carbocycles. The fraction of sp³-hybridized carbons (Fsp3) is 0. The van der Waals surface area contributed by atoms with Crippen molar-refractivity contribution in [3.05, 3.63) is 101 Å². The molecule has 142 valence electrons. The van der Waals surface area contributed by atoms with E-state index in [9.17, 15) is 14.7 Å². The Hall–Kier alpha value is -4.19. The van der Waals surface area contributed by atoms with Gasteiger partial charge < -0.3 is 10.4 Å². The second-order valence-electron chi connectivity index (χ2n) is 6.39. The fourth-order valence-electron chi connectivity index (χ4n) is 3.14. The molecule has 0 aliphatic heterocycles. The van der Waals surface area contributed by atoms with Crippen molar-refractivity contribution >= 4 is 11.6 Å². The molecule has 0 spiro atoms. The number of aromatic amines is 1. The van der Waals surface area contributed by atoms with Crippen molar-refractivity contribution in [1.29, 1.82) is 0 Å². The summed E-state index contributed by atoms with van der Waals surface area (Å²) in [5, 5.41) is 19.0. The molecule has 0 unspecified atom stereocenters. The van der Waals surface area contributed by atoms with Crippen LogP contribution in [0.15, 0.2) is 89.7 Å². The first-order valence-electron chi connectivity index (χ1n) is 8.97. The van der Waals surface area contributed by atoms with Gasteiger partial charge >= 0.3 is 0 Å². The molecule has 3 aromatic carbocycles. The van der Waals surface area contributed by atoms with Gasteiger partial charge in [-0.1, -0.05) is 66.7 Å². The normalized spacial score (nSPS) is 10.5. The minimum atomic E-state index is -0.596. The average Bonchev–Trinajstić information content (AvgIpc) is 2.74. The summed E-state index contributed by atoms with van der Waals surface area (Å²) >= 11 is 0.